The quantitative estimate of drug-likeness (QED) is 0.686. The van der Waals surface area contributed by atoms with Gasteiger partial charge in [0.25, 0.3) is 0 Å². The molecule has 0 heterocycles. The van der Waals surface area contributed by atoms with E-state index < -0.39 is 16.6 Å². The topological polar surface area (TPSA) is 6.48 Å². The summed E-state index contributed by atoms with van der Waals surface area (Å²) in [6.45, 7) is 14.7. The number of nitrogens with zero attached hydrogens (tertiary/aromatic N) is 2. The fraction of sp³-hybridized carbons (Fsp3) is 1.00. The molecule has 0 rings (SSSR count). The van der Waals surface area contributed by atoms with Crippen molar-refractivity contribution in [2.75, 3.05) is 14.1 Å². The molecule has 0 spiro atoms. The molecule has 86 valence electrons. The van der Waals surface area contributed by atoms with Gasteiger partial charge in [-0.2, -0.15) is 0 Å². The normalized spacial score (nSPS) is 15.0. The summed E-state index contributed by atoms with van der Waals surface area (Å²) in [5.74, 6) is 0. The maximum atomic E-state index is 2.74. The Bertz CT molecular complexity index is 177. The highest BCUT2D eigenvalue weighted by Crippen LogP contribution is 2.19. The zero-order valence-electron chi connectivity index (χ0n) is 11.3. The van der Waals surface area contributed by atoms with E-state index in [1.807, 2.05) is 0 Å². The van der Waals surface area contributed by atoms with Gasteiger partial charge in [-0.15, -0.1) is 0 Å². The van der Waals surface area contributed by atoms with Gasteiger partial charge in [-0.1, -0.05) is 32.6 Å². The van der Waals surface area contributed by atoms with Crippen LogP contribution in [0.3, 0.4) is 0 Å². The van der Waals surface area contributed by atoms with Crippen molar-refractivity contribution >= 4 is 26.3 Å². The molecule has 0 aliphatic carbocycles. The van der Waals surface area contributed by atoms with Crippen LogP contribution >= 0.6 is 0 Å². The summed E-state index contributed by atoms with van der Waals surface area (Å²) in [4.78, 5) is 0. The van der Waals surface area contributed by atoms with Crippen LogP contribution in [0.25, 0.3) is 0 Å². The number of hydrogen-bond acceptors (Lipinski definition) is 2. The fourth-order valence-electron chi connectivity index (χ4n) is 1.69. The molecular weight excluding hydrogens is 220 g/mol. The van der Waals surface area contributed by atoms with Gasteiger partial charge < -0.3 is 8.46 Å². The average Bonchev–Trinajstić information content (AvgIpc) is 2.01. The summed E-state index contributed by atoms with van der Waals surface area (Å²) in [6, 6.07) is 1.40. The van der Waals surface area contributed by atoms with Crippen LogP contribution in [0.2, 0.25) is 38.8 Å². The summed E-state index contributed by atoms with van der Waals surface area (Å²) in [5.41, 5.74) is 0. The van der Waals surface area contributed by atoms with Crippen LogP contribution in [-0.2, 0) is 0 Å². The van der Waals surface area contributed by atoms with E-state index in [0.29, 0.717) is 0 Å². The minimum Gasteiger partial charge on any atom is -0.342 e. The van der Waals surface area contributed by atoms with E-state index in [9.17, 15) is 0 Å². The molecule has 0 aromatic carbocycles. The molecule has 0 bridgehead atoms. The van der Waals surface area contributed by atoms with Gasteiger partial charge in [0.2, 0.25) is 0 Å². The van der Waals surface area contributed by atoms with Gasteiger partial charge >= 0.3 is 0 Å². The second-order valence-corrected chi connectivity index (χ2v) is 18.6. The highest BCUT2D eigenvalue weighted by molar-refractivity contribution is 6.90. The average molecular weight is 249 g/mol. The Morgan fingerprint density at radius 1 is 1.00 bits per heavy atom. The van der Waals surface area contributed by atoms with E-state index in [0.717, 1.165) is 0 Å². The van der Waals surface area contributed by atoms with Gasteiger partial charge in [0.1, 0.15) is 8.24 Å². The van der Waals surface area contributed by atoms with Gasteiger partial charge in [-0.3, -0.25) is 0 Å². The lowest BCUT2D eigenvalue weighted by Crippen LogP contribution is -2.66. The minimum absolute atomic E-state index is 0.0168. The van der Waals surface area contributed by atoms with Crippen molar-refractivity contribution in [1.82, 2.24) is 8.46 Å². The molecule has 2 nitrogen and oxygen atoms in total. The highest BCUT2D eigenvalue weighted by atomic mass is 28.4. The molecule has 0 fully saturated rings. The first-order valence-corrected chi connectivity index (χ1v) is 13.6. The standard InChI is InChI=1S/C9H28N2Si3/c1-9-12-10(2)14(7,8)11(3)13(4,5)6/h9,12H2,1-8H3. The zero-order chi connectivity index (χ0) is 11.6. The van der Waals surface area contributed by atoms with Crippen molar-refractivity contribution < 1.29 is 0 Å². The van der Waals surface area contributed by atoms with Crippen molar-refractivity contribution in [3.63, 3.8) is 0 Å². The SMILES string of the molecule is CC[SiH2]N(C)[Si](C)(C)N(C)[Si](C)(C)C. The Kier molecular flexibility index (Phi) is 5.27. The first-order valence-electron chi connectivity index (χ1n) is 5.59. The lowest BCUT2D eigenvalue weighted by molar-refractivity contribution is 0.636. The van der Waals surface area contributed by atoms with Crippen molar-refractivity contribution in [2.24, 2.45) is 0 Å². The van der Waals surface area contributed by atoms with Crippen molar-refractivity contribution in [3.8, 4) is 0 Å². The van der Waals surface area contributed by atoms with Crippen molar-refractivity contribution in [1.29, 1.82) is 0 Å². The van der Waals surface area contributed by atoms with E-state index in [2.05, 4.69) is 62.2 Å². The Morgan fingerprint density at radius 3 is 1.71 bits per heavy atom. The monoisotopic (exact) mass is 248 g/mol. The second-order valence-electron chi connectivity index (χ2n) is 5.65. The summed E-state index contributed by atoms with van der Waals surface area (Å²) in [7, 11) is 2.32. The third kappa shape index (κ3) is 3.62. The van der Waals surface area contributed by atoms with E-state index in [-0.39, 0.29) is 9.68 Å². The Labute approximate surface area is 94.8 Å². The Hall–Kier alpha value is 0.571. The zero-order valence-corrected chi connectivity index (χ0v) is 14.7. The fourth-order valence-corrected chi connectivity index (χ4v) is 13.9. The molecule has 0 aromatic rings. The van der Waals surface area contributed by atoms with Crippen molar-refractivity contribution in [3.05, 3.63) is 0 Å². The van der Waals surface area contributed by atoms with Gasteiger partial charge in [0.05, 0.1) is 9.68 Å². The second kappa shape index (κ2) is 5.07. The molecule has 0 atom stereocenters. The predicted octanol–water partition coefficient (Wildman–Crippen LogP) is 1.91. The molecule has 0 saturated carbocycles. The van der Waals surface area contributed by atoms with Crippen LogP contribution in [0.15, 0.2) is 0 Å². The molecule has 5 heteroatoms. The molecule has 0 aromatic heterocycles. The van der Waals surface area contributed by atoms with Crippen LogP contribution in [0.4, 0.5) is 0 Å². The smallest absolute Gasteiger partial charge is 0.186 e. The minimum atomic E-state index is -1.28. The van der Waals surface area contributed by atoms with E-state index in [1.165, 1.54) is 6.04 Å². The first-order chi connectivity index (χ1) is 6.14. The largest absolute Gasteiger partial charge is 0.342 e. The van der Waals surface area contributed by atoms with E-state index in [4.69, 9.17) is 0 Å². The third-order valence-corrected chi connectivity index (χ3v) is 16.6. The third-order valence-electron chi connectivity index (χ3n) is 3.32. The molecule has 0 amide bonds. The van der Waals surface area contributed by atoms with Gasteiger partial charge in [0, 0.05) is 0 Å². The summed E-state index contributed by atoms with van der Waals surface area (Å²) in [6.07, 6.45) is 0. The summed E-state index contributed by atoms with van der Waals surface area (Å²) in [5, 5.41) is 0. The Morgan fingerprint density at radius 2 is 1.43 bits per heavy atom. The van der Waals surface area contributed by atoms with Crippen LogP contribution in [0.1, 0.15) is 6.92 Å². The summed E-state index contributed by atoms with van der Waals surface area (Å²) < 4.78 is 5.47. The maximum absolute atomic E-state index is 2.74. The predicted molar refractivity (Wildman–Crippen MR) is 75.4 cm³/mol. The number of rotatable bonds is 5. The molecule has 0 aliphatic heterocycles. The lowest BCUT2D eigenvalue weighted by Gasteiger charge is -2.47. The lowest BCUT2D eigenvalue weighted by atomic mass is 11.0. The summed E-state index contributed by atoms with van der Waals surface area (Å²) >= 11 is 0. The van der Waals surface area contributed by atoms with Crippen molar-refractivity contribution in [2.45, 2.75) is 45.7 Å². The van der Waals surface area contributed by atoms with Gasteiger partial charge in [-0.05, 0) is 27.2 Å². The molecule has 0 radical (unpaired) electrons. The molecule has 14 heavy (non-hydrogen) atoms. The molecule has 0 unspecified atom stereocenters. The first kappa shape index (κ1) is 14.6. The highest BCUT2D eigenvalue weighted by Gasteiger charge is 2.37. The van der Waals surface area contributed by atoms with E-state index >= 15 is 0 Å². The molecule has 0 aliphatic rings. The van der Waals surface area contributed by atoms with E-state index in [1.54, 1.807) is 0 Å². The maximum Gasteiger partial charge on any atom is 0.186 e. The van der Waals surface area contributed by atoms with Gasteiger partial charge in [-0.25, -0.2) is 0 Å². The van der Waals surface area contributed by atoms with Crippen LogP contribution in [0, 0.1) is 0 Å². The molecule has 0 saturated heterocycles. The molecule has 0 N–H and O–H groups in total. The molecular formula is C9H28N2Si3. The van der Waals surface area contributed by atoms with Crippen LogP contribution < -0.4 is 0 Å². The van der Waals surface area contributed by atoms with Crippen LogP contribution in [-0.4, -0.2) is 48.9 Å². The Balaban J connectivity index is 4.59. The van der Waals surface area contributed by atoms with Crippen LogP contribution in [0.5, 0.6) is 0 Å². The number of hydrogen-bond donors (Lipinski definition) is 0. The van der Waals surface area contributed by atoms with Gasteiger partial charge in [0.15, 0.2) is 8.40 Å².